The molecular weight excluding hydrogens is 443 g/mol. The van der Waals surface area contributed by atoms with Gasteiger partial charge in [-0.05, 0) is 68.0 Å². The number of hydrogen-bond donors (Lipinski definition) is 1. The topological polar surface area (TPSA) is 49.4 Å². The molecule has 1 fully saturated rings. The molecule has 0 heterocycles. The van der Waals surface area contributed by atoms with Gasteiger partial charge in [-0.3, -0.25) is 9.59 Å². The first-order chi connectivity index (χ1) is 15.2. The molecule has 1 saturated carbocycles. The molecule has 0 radical (unpaired) electrons. The summed E-state index contributed by atoms with van der Waals surface area (Å²) in [5.74, 6) is -0.198. The van der Waals surface area contributed by atoms with E-state index < -0.39 is 6.04 Å². The number of nitrogens with one attached hydrogen (secondary N) is 1. The molecule has 1 N–H and O–H groups in total. The second kappa shape index (κ2) is 11.2. The van der Waals surface area contributed by atoms with Gasteiger partial charge >= 0.3 is 0 Å². The van der Waals surface area contributed by atoms with Gasteiger partial charge in [-0.2, -0.15) is 0 Å². The van der Waals surface area contributed by atoms with Gasteiger partial charge in [0.15, 0.2) is 0 Å². The fraction of sp³-hybridized carbons (Fsp3) is 0.462. The Morgan fingerprint density at radius 2 is 1.66 bits per heavy atom. The summed E-state index contributed by atoms with van der Waals surface area (Å²) in [7, 11) is 0. The summed E-state index contributed by atoms with van der Waals surface area (Å²) in [6.45, 7) is 6.18. The largest absolute Gasteiger partial charge is 0.352 e. The van der Waals surface area contributed by atoms with Crippen LogP contribution in [0.25, 0.3) is 0 Å². The average molecular weight is 475 g/mol. The van der Waals surface area contributed by atoms with Crippen LogP contribution < -0.4 is 5.32 Å². The minimum atomic E-state index is -0.592. The Bertz CT molecular complexity index is 970. The predicted octanol–water partition coefficient (Wildman–Crippen LogP) is 6.02. The maximum Gasteiger partial charge on any atom is 0.242 e. The number of aryl methyl sites for hydroxylation is 2. The molecule has 2 amide bonds. The molecule has 0 unspecified atom stereocenters. The third-order valence-corrected chi connectivity index (χ3v) is 7.12. The standard InChI is InChI=1S/C26H32Cl2N2O2/c1-17-9-10-20(13-18(17)2)15-25(31)30(16-21-11-12-23(27)24(28)14-21)19(3)26(32)29-22-7-5-4-6-8-22/h9-14,19,22H,4-8,15-16H2,1-3H3,(H,29,32)/t19-/m0/s1. The van der Waals surface area contributed by atoms with E-state index in [4.69, 9.17) is 23.2 Å². The Balaban J connectivity index is 1.79. The highest BCUT2D eigenvalue weighted by atomic mass is 35.5. The van der Waals surface area contributed by atoms with Crippen LogP contribution in [0, 0.1) is 13.8 Å². The van der Waals surface area contributed by atoms with Crippen molar-refractivity contribution in [2.45, 2.75) is 77.9 Å². The number of rotatable bonds is 7. The minimum absolute atomic E-state index is 0.0920. The van der Waals surface area contributed by atoms with Gasteiger partial charge in [-0.1, -0.05) is 66.7 Å². The summed E-state index contributed by atoms with van der Waals surface area (Å²) >= 11 is 12.3. The summed E-state index contributed by atoms with van der Waals surface area (Å²) in [5, 5.41) is 4.06. The molecule has 1 atom stereocenters. The highest BCUT2D eigenvalue weighted by Gasteiger charge is 2.28. The number of hydrogen-bond acceptors (Lipinski definition) is 2. The van der Waals surface area contributed by atoms with E-state index in [1.807, 2.05) is 31.2 Å². The van der Waals surface area contributed by atoms with Crippen molar-refractivity contribution in [3.8, 4) is 0 Å². The van der Waals surface area contributed by atoms with Crippen LogP contribution in [0.2, 0.25) is 10.0 Å². The van der Waals surface area contributed by atoms with Crippen LogP contribution in [0.4, 0.5) is 0 Å². The Morgan fingerprint density at radius 3 is 2.31 bits per heavy atom. The second-order valence-electron chi connectivity index (χ2n) is 8.88. The van der Waals surface area contributed by atoms with E-state index in [1.54, 1.807) is 24.0 Å². The van der Waals surface area contributed by atoms with Gasteiger partial charge in [0.25, 0.3) is 0 Å². The molecule has 172 valence electrons. The number of halogens is 2. The summed E-state index contributed by atoms with van der Waals surface area (Å²) in [5.41, 5.74) is 4.12. The average Bonchev–Trinajstić information content (AvgIpc) is 2.77. The molecular formula is C26H32Cl2N2O2. The van der Waals surface area contributed by atoms with Gasteiger partial charge in [0.05, 0.1) is 16.5 Å². The van der Waals surface area contributed by atoms with Crippen molar-refractivity contribution in [2.75, 3.05) is 0 Å². The summed E-state index contributed by atoms with van der Waals surface area (Å²) in [6.07, 6.45) is 5.74. The van der Waals surface area contributed by atoms with E-state index in [0.29, 0.717) is 16.6 Å². The Kier molecular flexibility index (Phi) is 8.61. The first-order valence-corrected chi connectivity index (χ1v) is 12.1. The number of carbonyl (C=O) groups excluding carboxylic acids is 2. The smallest absolute Gasteiger partial charge is 0.242 e. The van der Waals surface area contributed by atoms with Crippen molar-refractivity contribution in [1.29, 1.82) is 0 Å². The molecule has 3 rings (SSSR count). The van der Waals surface area contributed by atoms with Gasteiger partial charge in [0, 0.05) is 12.6 Å². The van der Waals surface area contributed by atoms with Crippen molar-refractivity contribution in [2.24, 2.45) is 0 Å². The third kappa shape index (κ3) is 6.49. The molecule has 0 aliphatic heterocycles. The zero-order chi connectivity index (χ0) is 23.3. The molecule has 1 aliphatic carbocycles. The molecule has 2 aromatic carbocycles. The van der Waals surface area contributed by atoms with Gasteiger partial charge in [-0.25, -0.2) is 0 Å². The van der Waals surface area contributed by atoms with Gasteiger partial charge < -0.3 is 10.2 Å². The van der Waals surface area contributed by atoms with Gasteiger partial charge in [0.1, 0.15) is 6.04 Å². The zero-order valence-electron chi connectivity index (χ0n) is 19.1. The molecule has 0 aromatic heterocycles. The minimum Gasteiger partial charge on any atom is -0.352 e. The monoisotopic (exact) mass is 474 g/mol. The van der Waals surface area contributed by atoms with Crippen molar-refractivity contribution in [1.82, 2.24) is 10.2 Å². The van der Waals surface area contributed by atoms with Crippen LogP contribution in [-0.4, -0.2) is 28.8 Å². The van der Waals surface area contributed by atoms with Crippen LogP contribution in [0.1, 0.15) is 61.3 Å². The van der Waals surface area contributed by atoms with Crippen molar-refractivity contribution in [3.63, 3.8) is 0 Å². The molecule has 2 aromatic rings. The van der Waals surface area contributed by atoms with E-state index in [1.165, 1.54) is 12.0 Å². The molecule has 0 saturated heterocycles. The molecule has 6 heteroatoms. The van der Waals surface area contributed by atoms with Crippen LogP contribution in [0.3, 0.4) is 0 Å². The lowest BCUT2D eigenvalue weighted by molar-refractivity contribution is -0.140. The summed E-state index contributed by atoms with van der Waals surface area (Å²) < 4.78 is 0. The Labute approximate surface area is 201 Å². The van der Waals surface area contributed by atoms with Gasteiger partial charge in [0.2, 0.25) is 11.8 Å². The van der Waals surface area contributed by atoms with Crippen LogP contribution in [0.15, 0.2) is 36.4 Å². The summed E-state index contributed by atoms with van der Waals surface area (Å²) in [4.78, 5) is 28.1. The SMILES string of the molecule is Cc1ccc(CC(=O)N(Cc2ccc(Cl)c(Cl)c2)[C@@H](C)C(=O)NC2CCCCC2)cc1C. The van der Waals surface area contributed by atoms with E-state index in [0.717, 1.165) is 42.4 Å². The Hall–Kier alpha value is -2.04. The fourth-order valence-electron chi connectivity index (χ4n) is 4.18. The van der Waals surface area contributed by atoms with E-state index in [2.05, 4.69) is 12.2 Å². The van der Waals surface area contributed by atoms with Crippen molar-refractivity contribution < 1.29 is 9.59 Å². The number of benzene rings is 2. The van der Waals surface area contributed by atoms with E-state index in [9.17, 15) is 9.59 Å². The van der Waals surface area contributed by atoms with Crippen molar-refractivity contribution in [3.05, 3.63) is 68.7 Å². The fourth-order valence-corrected chi connectivity index (χ4v) is 4.50. The predicted molar refractivity (Wildman–Crippen MR) is 131 cm³/mol. The maximum absolute atomic E-state index is 13.4. The number of amides is 2. The second-order valence-corrected chi connectivity index (χ2v) is 9.70. The lowest BCUT2D eigenvalue weighted by Gasteiger charge is -2.31. The molecule has 0 bridgehead atoms. The highest BCUT2D eigenvalue weighted by molar-refractivity contribution is 6.42. The quantitative estimate of drug-likeness (QED) is 0.533. The summed E-state index contributed by atoms with van der Waals surface area (Å²) in [6, 6.07) is 11.0. The molecule has 32 heavy (non-hydrogen) atoms. The van der Waals surface area contributed by atoms with E-state index in [-0.39, 0.29) is 24.3 Å². The van der Waals surface area contributed by atoms with Gasteiger partial charge in [-0.15, -0.1) is 0 Å². The van der Waals surface area contributed by atoms with Crippen molar-refractivity contribution >= 4 is 35.0 Å². The first kappa shape index (κ1) is 24.6. The third-order valence-electron chi connectivity index (χ3n) is 6.38. The zero-order valence-corrected chi connectivity index (χ0v) is 20.6. The van der Waals surface area contributed by atoms with Crippen LogP contribution in [-0.2, 0) is 22.6 Å². The maximum atomic E-state index is 13.4. The van der Waals surface area contributed by atoms with E-state index >= 15 is 0 Å². The number of nitrogens with zero attached hydrogens (tertiary/aromatic N) is 1. The van der Waals surface area contributed by atoms with Crippen LogP contribution in [0.5, 0.6) is 0 Å². The molecule has 1 aliphatic rings. The number of carbonyl (C=O) groups is 2. The Morgan fingerprint density at radius 1 is 0.969 bits per heavy atom. The lowest BCUT2D eigenvalue weighted by Crippen LogP contribution is -2.50. The molecule has 0 spiro atoms. The highest BCUT2D eigenvalue weighted by Crippen LogP contribution is 2.24. The normalized spacial score (nSPS) is 15.3. The molecule has 4 nitrogen and oxygen atoms in total. The van der Waals surface area contributed by atoms with Crippen LogP contribution >= 0.6 is 23.2 Å². The first-order valence-electron chi connectivity index (χ1n) is 11.3. The lowest BCUT2D eigenvalue weighted by atomic mass is 9.95.